The van der Waals surface area contributed by atoms with E-state index in [0.717, 1.165) is 33.5 Å². The van der Waals surface area contributed by atoms with Gasteiger partial charge in [0.05, 0.1) is 43.9 Å². The lowest BCUT2D eigenvalue weighted by Gasteiger charge is -2.16. The van der Waals surface area contributed by atoms with Crippen molar-refractivity contribution in [3.63, 3.8) is 0 Å². The molecule has 0 aliphatic carbocycles. The Morgan fingerprint density at radius 1 is 1.02 bits per heavy atom. The van der Waals surface area contributed by atoms with E-state index < -0.39 is 0 Å². The second-order valence-electron chi connectivity index (χ2n) is 10.1. The summed E-state index contributed by atoms with van der Waals surface area (Å²) in [5.41, 5.74) is 4.75. The summed E-state index contributed by atoms with van der Waals surface area (Å²) in [5.74, 6) is 2.63. The van der Waals surface area contributed by atoms with Crippen molar-refractivity contribution in [3.8, 4) is 17.2 Å². The SMILES string of the molecule is COc1ccc(CCO)cc1Cn1c(C[N]C(=O)CCC(C)Cc2ccc(OC)c(OC)c2Cl)nc2ccccc21. The molecule has 1 radical (unpaired) electrons. The Balaban J connectivity index is 1.42. The fourth-order valence-electron chi connectivity index (χ4n) is 5.01. The zero-order chi connectivity index (χ0) is 29.4. The normalized spacial score (nSPS) is 11.9. The van der Waals surface area contributed by atoms with Crippen molar-refractivity contribution in [2.45, 2.75) is 45.7 Å². The number of fused-ring (bicyclic) bond motifs is 1. The van der Waals surface area contributed by atoms with Gasteiger partial charge < -0.3 is 23.9 Å². The van der Waals surface area contributed by atoms with Gasteiger partial charge in [0.2, 0.25) is 5.91 Å². The highest BCUT2D eigenvalue weighted by atomic mass is 35.5. The van der Waals surface area contributed by atoms with Crippen molar-refractivity contribution in [1.29, 1.82) is 0 Å². The van der Waals surface area contributed by atoms with E-state index >= 15 is 0 Å². The average molecular weight is 579 g/mol. The van der Waals surface area contributed by atoms with Gasteiger partial charge in [-0.2, -0.15) is 0 Å². The topological polar surface area (TPSA) is 96.9 Å². The number of carbonyl (C=O) groups excluding carboxylic acids is 1. The molecule has 0 bridgehead atoms. The molecule has 217 valence electrons. The standard InChI is InChI=1S/C32H37ClN3O5/c1-21(17-23-11-13-28(40-3)32(41-4)31(23)33)9-14-30(38)34-19-29-35-25-7-5-6-8-26(25)36(29)20-24-18-22(15-16-37)10-12-27(24)39-2/h5-8,10-13,18,21,37H,9,14-17,19-20H2,1-4H3. The predicted octanol–water partition coefficient (Wildman–Crippen LogP) is 5.59. The lowest BCUT2D eigenvalue weighted by molar-refractivity contribution is -0.121. The maximum Gasteiger partial charge on any atom is 0.241 e. The molecule has 0 saturated carbocycles. The minimum Gasteiger partial charge on any atom is -0.496 e. The van der Waals surface area contributed by atoms with Crippen LogP contribution in [0.15, 0.2) is 54.6 Å². The molecular formula is C32H37ClN3O5. The van der Waals surface area contributed by atoms with Crippen molar-refractivity contribution in [2.75, 3.05) is 27.9 Å². The van der Waals surface area contributed by atoms with Gasteiger partial charge in [-0.15, -0.1) is 0 Å². The molecule has 1 unspecified atom stereocenters. The number of hydrogen-bond acceptors (Lipinski definition) is 6. The Kier molecular flexibility index (Phi) is 10.5. The van der Waals surface area contributed by atoms with Crippen molar-refractivity contribution < 1.29 is 24.1 Å². The molecule has 0 saturated heterocycles. The Bertz CT molecular complexity index is 1490. The van der Waals surface area contributed by atoms with Gasteiger partial charge in [0.15, 0.2) is 11.5 Å². The van der Waals surface area contributed by atoms with E-state index in [0.29, 0.717) is 54.6 Å². The number of halogens is 1. The van der Waals surface area contributed by atoms with Gasteiger partial charge in [-0.3, -0.25) is 4.79 Å². The molecule has 0 spiro atoms. The van der Waals surface area contributed by atoms with Crippen LogP contribution in [0, 0.1) is 5.92 Å². The van der Waals surface area contributed by atoms with E-state index in [1.807, 2.05) is 54.6 Å². The van der Waals surface area contributed by atoms with Crippen molar-refractivity contribution in [3.05, 3.63) is 82.1 Å². The van der Waals surface area contributed by atoms with Crippen molar-refractivity contribution in [2.24, 2.45) is 5.92 Å². The summed E-state index contributed by atoms with van der Waals surface area (Å²) in [7, 11) is 4.79. The number of amides is 1. The summed E-state index contributed by atoms with van der Waals surface area (Å²) in [5, 5.41) is 14.3. The van der Waals surface area contributed by atoms with Crippen LogP contribution in [-0.4, -0.2) is 48.5 Å². The Morgan fingerprint density at radius 3 is 2.51 bits per heavy atom. The number of nitrogens with zero attached hydrogens (tertiary/aromatic N) is 3. The van der Waals surface area contributed by atoms with E-state index in [4.69, 9.17) is 30.8 Å². The van der Waals surface area contributed by atoms with Gasteiger partial charge in [0, 0.05) is 18.6 Å². The predicted molar refractivity (Wildman–Crippen MR) is 160 cm³/mol. The number of aliphatic hydroxyl groups excluding tert-OH is 1. The van der Waals surface area contributed by atoms with E-state index in [-0.39, 0.29) is 25.0 Å². The van der Waals surface area contributed by atoms with E-state index in [1.54, 1.807) is 21.3 Å². The molecule has 1 atom stereocenters. The lowest BCUT2D eigenvalue weighted by atomic mass is 9.96. The Hall–Kier alpha value is -3.75. The molecule has 0 fully saturated rings. The number of ether oxygens (including phenoxy) is 3. The summed E-state index contributed by atoms with van der Waals surface area (Å²) in [6, 6.07) is 17.6. The summed E-state index contributed by atoms with van der Waals surface area (Å²) in [6.07, 6.45) is 2.29. The highest BCUT2D eigenvalue weighted by Crippen LogP contribution is 2.38. The van der Waals surface area contributed by atoms with Crippen LogP contribution < -0.4 is 19.5 Å². The third-order valence-electron chi connectivity index (χ3n) is 7.19. The van der Waals surface area contributed by atoms with Crippen LogP contribution in [0.3, 0.4) is 0 Å². The van der Waals surface area contributed by atoms with Gasteiger partial charge in [0.25, 0.3) is 0 Å². The van der Waals surface area contributed by atoms with Gasteiger partial charge in [-0.25, -0.2) is 10.3 Å². The molecule has 0 aliphatic rings. The first-order valence-corrected chi connectivity index (χ1v) is 14.1. The van der Waals surface area contributed by atoms with Crippen molar-refractivity contribution >= 4 is 28.5 Å². The molecule has 1 amide bonds. The zero-order valence-electron chi connectivity index (χ0n) is 24.0. The molecule has 4 aromatic rings. The minimum atomic E-state index is -0.156. The summed E-state index contributed by atoms with van der Waals surface area (Å²) < 4.78 is 18.4. The number of rotatable bonds is 14. The Morgan fingerprint density at radius 2 is 1.78 bits per heavy atom. The molecular weight excluding hydrogens is 542 g/mol. The quantitative estimate of drug-likeness (QED) is 0.209. The number of aromatic nitrogens is 2. The van der Waals surface area contributed by atoms with Crippen LogP contribution in [0.2, 0.25) is 5.02 Å². The number of methoxy groups -OCH3 is 3. The largest absolute Gasteiger partial charge is 0.496 e. The van der Waals surface area contributed by atoms with Crippen LogP contribution in [0.1, 0.15) is 42.3 Å². The van der Waals surface area contributed by atoms with E-state index in [9.17, 15) is 9.90 Å². The van der Waals surface area contributed by atoms with Crippen LogP contribution in [0.25, 0.3) is 11.0 Å². The van der Waals surface area contributed by atoms with Crippen LogP contribution in [-0.2, 0) is 30.7 Å². The Labute approximate surface area is 246 Å². The van der Waals surface area contributed by atoms with Crippen LogP contribution in [0.4, 0.5) is 0 Å². The summed E-state index contributed by atoms with van der Waals surface area (Å²) >= 11 is 6.55. The first kappa shape index (κ1) is 30.2. The molecule has 9 heteroatoms. The third-order valence-corrected chi connectivity index (χ3v) is 7.60. The molecule has 1 heterocycles. The molecule has 0 aliphatic heterocycles. The zero-order valence-corrected chi connectivity index (χ0v) is 24.8. The van der Waals surface area contributed by atoms with Gasteiger partial charge in [-0.05, 0) is 60.6 Å². The fourth-order valence-corrected chi connectivity index (χ4v) is 5.32. The summed E-state index contributed by atoms with van der Waals surface area (Å²) in [6.45, 7) is 2.86. The van der Waals surface area contributed by atoms with Gasteiger partial charge in [0.1, 0.15) is 18.1 Å². The molecule has 1 aromatic heterocycles. The smallest absolute Gasteiger partial charge is 0.241 e. The third kappa shape index (κ3) is 7.31. The van der Waals surface area contributed by atoms with Gasteiger partial charge in [-0.1, -0.05) is 48.9 Å². The second-order valence-corrected chi connectivity index (χ2v) is 10.4. The maximum atomic E-state index is 12.8. The number of benzene rings is 3. The maximum absolute atomic E-state index is 12.8. The first-order valence-electron chi connectivity index (χ1n) is 13.7. The average Bonchev–Trinajstić information content (AvgIpc) is 3.33. The molecule has 8 nitrogen and oxygen atoms in total. The highest BCUT2D eigenvalue weighted by molar-refractivity contribution is 6.33. The number of imidazole rings is 1. The number of carbonyl (C=O) groups is 1. The van der Waals surface area contributed by atoms with Crippen molar-refractivity contribution in [1.82, 2.24) is 14.9 Å². The number of para-hydroxylation sites is 2. The van der Waals surface area contributed by atoms with Crippen LogP contribution >= 0.6 is 11.6 Å². The van der Waals surface area contributed by atoms with E-state index in [1.165, 1.54) is 0 Å². The highest BCUT2D eigenvalue weighted by Gasteiger charge is 2.18. The van der Waals surface area contributed by atoms with Gasteiger partial charge >= 0.3 is 0 Å². The second kappa shape index (κ2) is 14.2. The first-order chi connectivity index (χ1) is 19.9. The van der Waals surface area contributed by atoms with E-state index in [2.05, 4.69) is 16.8 Å². The molecule has 1 N–H and O–H groups in total. The molecule has 3 aromatic carbocycles. The number of hydrogen-bond donors (Lipinski definition) is 1. The molecule has 41 heavy (non-hydrogen) atoms. The lowest BCUT2D eigenvalue weighted by Crippen LogP contribution is -2.19. The summed E-state index contributed by atoms with van der Waals surface area (Å²) in [4.78, 5) is 17.6. The minimum absolute atomic E-state index is 0.0754. The monoisotopic (exact) mass is 578 g/mol. The molecule has 4 rings (SSSR count). The van der Waals surface area contributed by atoms with Crippen LogP contribution in [0.5, 0.6) is 17.2 Å². The fraction of sp³-hybridized carbons (Fsp3) is 0.375. The number of aliphatic hydroxyl groups is 1.